The summed E-state index contributed by atoms with van der Waals surface area (Å²) < 4.78 is 5.44. The first-order valence-corrected chi connectivity index (χ1v) is 10.0. The maximum absolute atomic E-state index is 12.8. The van der Waals surface area contributed by atoms with Gasteiger partial charge in [0.15, 0.2) is 6.10 Å². The van der Waals surface area contributed by atoms with Gasteiger partial charge in [0.1, 0.15) is 6.04 Å². The second-order valence-corrected chi connectivity index (χ2v) is 7.64. The quantitative estimate of drug-likeness (QED) is 0.441. The Morgan fingerprint density at radius 2 is 1.63 bits per heavy atom. The van der Waals surface area contributed by atoms with Crippen molar-refractivity contribution in [1.82, 2.24) is 10.3 Å². The van der Waals surface area contributed by atoms with E-state index in [-0.39, 0.29) is 24.0 Å². The van der Waals surface area contributed by atoms with Crippen molar-refractivity contribution in [3.05, 3.63) is 71.9 Å². The molecule has 1 heterocycles. The third kappa shape index (κ3) is 4.95. The number of hydrogen-bond donors (Lipinski definition) is 2. The van der Waals surface area contributed by atoms with Gasteiger partial charge in [-0.1, -0.05) is 62.4 Å². The van der Waals surface area contributed by atoms with Crippen LogP contribution < -0.4 is 5.32 Å². The van der Waals surface area contributed by atoms with Crippen molar-refractivity contribution in [2.45, 2.75) is 39.3 Å². The van der Waals surface area contributed by atoms with Gasteiger partial charge in [-0.3, -0.25) is 9.59 Å². The van der Waals surface area contributed by atoms with Gasteiger partial charge in [0.05, 0.1) is 6.42 Å². The number of aromatic amines is 1. The lowest BCUT2D eigenvalue weighted by molar-refractivity contribution is -0.151. The molecule has 3 aromatic rings. The number of fused-ring (bicyclic) bond motifs is 1. The molecule has 0 bridgehead atoms. The summed E-state index contributed by atoms with van der Waals surface area (Å²) in [7, 11) is 0. The molecule has 6 heteroatoms. The van der Waals surface area contributed by atoms with E-state index in [9.17, 15) is 14.4 Å². The highest BCUT2D eigenvalue weighted by Gasteiger charge is 2.30. The van der Waals surface area contributed by atoms with Crippen LogP contribution in [0.2, 0.25) is 0 Å². The first-order valence-electron chi connectivity index (χ1n) is 10.0. The molecule has 2 N–H and O–H groups in total. The molecule has 0 unspecified atom stereocenters. The van der Waals surface area contributed by atoms with Gasteiger partial charge in [-0.15, -0.1) is 0 Å². The third-order valence-corrected chi connectivity index (χ3v) is 4.96. The zero-order valence-electron chi connectivity index (χ0n) is 17.3. The lowest BCUT2D eigenvalue weighted by Crippen LogP contribution is -2.47. The Hall–Kier alpha value is -3.41. The molecule has 0 aliphatic heterocycles. The van der Waals surface area contributed by atoms with Gasteiger partial charge in [0.2, 0.25) is 11.7 Å². The van der Waals surface area contributed by atoms with E-state index in [0.29, 0.717) is 5.56 Å². The molecule has 1 aromatic heterocycles. The number of rotatable bonds is 8. The summed E-state index contributed by atoms with van der Waals surface area (Å²) in [5.41, 5.74) is 2.17. The Morgan fingerprint density at radius 3 is 2.33 bits per heavy atom. The highest BCUT2D eigenvalue weighted by atomic mass is 16.5. The number of aromatic nitrogens is 1. The van der Waals surface area contributed by atoms with Crippen LogP contribution in [0.4, 0.5) is 0 Å². The van der Waals surface area contributed by atoms with Crippen molar-refractivity contribution in [3.63, 3.8) is 0 Å². The highest BCUT2D eigenvalue weighted by molar-refractivity contribution is 6.10. The second kappa shape index (κ2) is 9.39. The maximum Gasteiger partial charge on any atom is 0.329 e. The zero-order chi connectivity index (χ0) is 21.7. The van der Waals surface area contributed by atoms with E-state index >= 15 is 0 Å². The molecule has 3 rings (SSSR count). The molecule has 2 aromatic carbocycles. The summed E-state index contributed by atoms with van der Waals surface area (Å²) in [5, 5.41) is 3.52. The third-order valence-electron chi connectivity index (χ3n) is 4.96. The van der Waals surface area contributed by atoms with Gasteiger partial charge in [-0.05, 0) is 24.5 Å². The van der Waals surface area contributed by atoms with Crippen LogP contribution in [0, 0.1) is 5.92 Å². The van der Waals surface area contributed by atoms with E-state index in [4.69, 9.17) is 4.74 Å². The van der Waals surface area contributed by atoms with Gasteiger partial charge in [0.25, 0.3) is 0 Å². The minimum Gasteiger partial charge on any atom is -0.453 e. The average molecular weight is 406 g/mol. The summed E-state index contributed by atoms with van der Waals surface area (Å²) >= 11 is 0. The number of Topliss-reactive ketones (excluding diaryl/α,β-unsaturated/α-hetero) is 1. The number of esters is 1. The molecule has 0 saturated heterocycles. The first-order chi connectivity index (χ1) is 14.4. The van der Waals surface area contributed by atoms with E-state index < -0.39 is 18.1 Å². The molecule has 0 aliphatic rings. The van der Waals surface area contributed by atoms with Crippen LogP contribution in [0.1, 0.15) is 36.7 Å². The van der Waals surface area contributed by atoms with Gasteiger partial charge < -0.3 is 15.0 Å². The molecular formula is C24H26N2O4. The highest BCUT2D eigenvalue weighted by Crippen LogP contribution is 2.20. The molecule has 0 aliphatic carbocycles. The fourth-order valence-electron chi connectivity index (χ4n) is 3.30. The molecule has 0 saturated carbocycles. The summed E-state index contributed by atoms with van der Waals surface area (Å²) in [6.07, 6.45) is 0.823. The number of ether oxygens (including phenoxy) is 1. The largest absolute Gasteiger partial charge is 0.453 e. The van der Waals surface area contributed by atoms with Crippen LogP contribution in [0.3, 0.4) is 0 Å². The number of carbonyl (C=O) groups is 3. The average Bonchev–Trinajstić information content (AvgIpc) is 3.16. The molecule has 0 radical (unpaired) electrons. The molecule has 6 nitrogen and oxygen atoms in total. The van der Waals surface area contributed by atoms with Crippen LogP contribution in [-0.2, 0) is 20.7 Å². The second-order valence-electron chi connectivity index (χ2n) is 7.64. The summed E-state index contributed by atoms with van der Waals surface area (Å²) in [6.45, 7) is 5.19. The van der Waals surface area contributed by atoms with Gasteiger partial charge in [-0.25, -0.2) is 4.79 Å². The molecule has 156 valence electrons. The number of amides is 1. The lowest BCUT2D eigenvalue weighted by atomic mass is 10.0. The topological polar surface area (TPSA) is 88.3 Å². The van der Waals surface area contributed by atoms with Gasteiger partial charge >= 0.3 is 5.97 Å². The minimum atomic E-state index is -0.969. The van der Waals surface area contributed by atoms with E-state index in [0.717, 1.165) is 16.5 Å². The van der Waals surface area contributed by atoms with Crippen LogP contribution >= 0.6 is 0 Å². The Morgan fingerprint density at radius 1 is 0.967 bits per heavy atom. The Labute approximate surface area is 175 Å². The van der Waals surface area contributed by atoms with Gasteiger partial charge in [0, 0.05) is 22.7 Å². The standard InChI is InChI=1S/C24H26N2O4/c1-15(2)22(26-21(27)13-17-9-5-4-6-10-17)24(29)30-16(3)23(28)19-14-25-20-12-8-7-11-18(19)20/h4-12,14-16,22,25H,13H2,1-3H3,(H,26,27)/t16-,22+/m1/s1. The van der Waals surface area contributed by atoms with Crippen molar-refractivity contribution in [3.8, 4) is 0 Å². The molecule has 0 spiro atoms. The molecule has 1 amide bonds. The fraction of sp³-hybridized carbons (Fsp3) is 0.292. The Bertz CT molecular complexity index is 1040. The monoisotopic (exact) mass is 406 g/mol. The molecule has 2 atom stereocenters. The number of H-pyrrole nitrogens is 1. The van der Waals surface area contributed by atoms with Gasteiger partial charge in [-0.2, -0.15) is 0 Å². The van der Waals surface area contributed by atoms with Crippen LogP contribution in [-0.4, -0.2) is 34.8 Å². The van der Waals surface area contributed by atoms with Crippen molar-refractivity contribution in [2.24, 2.45) is 5.92 Å². The Balaban J connectivity index is 1.65. The van der Waals surface area contributed by atoms with Crippen molar-refractivity contribution in [2.75, 3.05) is 0 Å². The summed E-state index contributed by atoms with van der Waals surface area (Å²) in [4.78, 5) is 41.0. The normalized spacial score (nSPS) is 13.1. The van der Waals surface area contributed by atoms with E-state index in [1.165, 1.54) is 0 Å². The maximum atomic E-state index is 12.8. The van der Waals surface area contributed by atoms with Crippen LogP contribution in [0.25, 0.3) is 10.9 Å². The van der Waals surface area contributed by atoms with Crippen molar-refractivity contribution >= 4 is 28.6 Å². The molecule has 30 heavy (non-hydrogen) atoms. The first kappa shape index (κ1) is 21.3. The Kier molecular flexibility index (Phi) is 6.67. The van der Waals surface area contributed by atoms with Crippen molar-refractivity contribution < 1.29 is 19.1 Å². The summed E-state index contributed by atoms with van der Waals surface area (Å²) in [6, 6.07) is 15.9. The number of hydrogen-bond acceptors (Lipinski definition) is 4. The zero-order valence-corrected chi connectivity index (χ0v) is 17.3. The number of benzene rings is 2. The van der Waals surface area contributed by atoms with E-state index in [1.807, 2.05) is 68.4 Å². The van der Waals surface area contributed by atoms with Crippen molar-refractivity contribution in [1.29, 1.82) is 0 Å². The minimum absolute atomic E-state index is 0.168. The predicted octanol–water partition coefficient (Wildman–Crippen LogP) is 3.67. The summed E-state index contributed by atoms with van der Waals surface area (Å²) in [5.74, 6) is -1.37. The fourth-order valence-corrected chi connectivity index (χ4v) is 3.30. The van der Waals surface area contributed by atoms with Crippen LogP contribution in [0.15, 0.2) is 60.8 Å². The van der Waals surface area contributed by atoms with Crippen LogP contribution in [0.5, 0.6) is 0 Å². The number of nitrogens with one attached hydrogen (secondary N) is 2. The van der Waals surface area contributed by atoms with E-state index in [2.05, 4.69) is 10.3 Å². The SMILES string of the molecule is CC(C)[C@H](NC(=O)Cc1ccccc1)C(=O)O[C@H](C)C(=O)c1c[nH]c2ccccc12. The van der Waals surface area contributed by atoms with E-state index in [1.54, 1.807) is 13.1 Å². The molecule has 0 fully saturated rings. The number of carbonyl (C=O) groups excluding carboxylic acids is 3. The predicted molar refractivity (Wildman–Crippen MR) is 115 cm³/mol. The lowest BCUT2D eigenvalue weighted by Gasteiger charge is -2.23. The smallest absolute Gasteiger partial charge is 0.329 e. The molecular weight excluding hydrogens is 380 g/mol. The number of ketones is 1. The number of para-hydroxylation sites is 1.